The van der Waals surface area contributed by atoms with Crippen LogP contribution in [-0.2, 0) is 4.79 Å². The molecule has 1 unspecified atom stereocenters. The van der Waals surface area contributed by atoms with E-state index >= 15 is 0 Å². The number of carbonyl (C=O) groups excluding carboxylic acids is 1. The summed E-state index contributed by atoms with van der Waals surface area (Å²) in [7, 11) is 0. The smallest absolute Gasteiger partial charge is 0.331 e. The number of halogens is 3. The Labute approximate surface area is 118 Å². The van der Waals surface area contributed by atoms with Crippen molar-refractivity contribution in [1.29, 1.82) is 0 Å². The number of piperidine rings is 1. The molecule has 1 rings (SSSR count). The van der Waals surface area contributed by atoms with Crippen LogP contribution in [0.3, 0.4) is 0 Å². The maximum atomic E-state index is 12.7. The van der Waals surface area contributed by atoms with Gasteiger partial charge in [-0.1, -0.05) is 13.8 Å². The summed E-state index contributed by atoms with van der Waals surface area (Å²) >= 11 is 0. The number of rotatable bonds is 4. The fraction of sp³-hybridized carbons (Fsp3) is 0.929. The molecular weight excluding hydrogens is 269 g/mol. The third kappa shape index (κ3) is 4.36. The highest BCUT2D eigenvalue weighted by molar-refractivity contribution is 5.82. The number of hydrogen-bond donors (Lipinski definition) is 1. The molecule has 0 aromatic heterocycles. The second-order valence-corrected chi connectivity index (χ2v) is 6.41. The monoisotopic (exact) mass is 294 g/mol. The zero-order valence-corrected chi connectivity index (χ0v) is 12.7. The van der Waals surface area contributed by atoms with Crippen LogP contribution < -0.4 is 5.32 Å². The predicted molar refractivity (Wildman–Crippen MR) is 72.3 cm³/mol. The molecule has 1 aliphatic rings. The topological polar surface area (TPSA) is 32.3 Å². The Hall–Kier alpha value is -0.780. The summed E-state index contributed by atoms with van der Waals surface area (Å²) in [5.74, 6) is -0.322. The molecular formula is C14H25F3N2O. The molecule has 3 nitrogen and oxygen atoms in total. The molecule has 1 fully saturated rings. The molecule has 0 radical (unpaired) electrons. The van der Waals surface area contributed by atoms with Gasteiger partial charge in [0.05, 0.1) is 0 Å². The van der Waals surface area contributed by atoms with E-state index in [4.69, 9.17) is 0 Å². The molecule has 1 N–H and O–H groups in total. The lowest BCUT2D eigenvalue weighted by Gasteiger charge is -2.41. The first-order valence-electron chi connectivity index (χ1n) is 7.14. The van der Waals surface area contributed by atoms with Gasteiger partial charge in [-0.05, 0) is 45.7 Å². The van der Waals surface area contributed by atoms with Gasteiger partial charge in [-0.3, -0.25) is 4.79 Å². The van der Waals surface area contributed by atoms with Gasteiger partial charge in [-0.2, -0.15) is 13.2 Å². The van der Waals surface area contributed by atoms with Crippen molar-refractivity contribution < 1.29 is 18.0 Å². The Balaban J connectivity index is 2.86. The molecule has 1 amide bonds. The lowest BCUT2D eigenvalue weighted by atomic mass is 9.73. The maximum Gasteiger partial charge on any atom is 0.406 e. The number of alkyl halides is 3. The second-order valence-electron chi connectivity index (χ2n) is 6.41. The molecule has 0 saturated carbocycles. The van der Waals surface area contributed by atoms with Gasteiger partial charge in [0, 0.05) is 11.5 Å². The van der Waals surface area contributed by atoms with Crippen LogP contribution in [0, 0.1) is 11.3 Å². The van der Waals surface area contributed by atoms with Gasteiger partial charge in [0.2, 0.25) is 5.91 Å². The average Bonchev–Trinajstić information content (AvgIpc) is 2.35. The van der Waals surface area contributed by atoms with Crippen LogP contribution in [-0.4, -0.2) is 42.7 Å². The molecule has 0 spiro atoms. The third-order valence-electron chi connectivity index (χ3n) is 4.10. The van der Waals surface area contributed by atoms with Crippen LogP contribution in [0.4, 0.5) is 13.2 Å². The fourth-order valence-electron chi connectivity index (χ4n) is 2.69. The van der Waals surface area contributed by atoms with Gasteiger partial charge < -0.3 is 10.2 Å². The van der Waals surface area contributed by atoms with Gasteiger partial charge in [-0.15, -0.1) is 0 Å². The van der Waals surface area contributed by atoms with Gasteiger partial charge in [0.1, 0.15) is 6.54 Å². The predicted octanol–water partition coefficient (Wildman–Crippen LogP) is 2.81. The summed E-state index contributed by atoms with van der Waals surface area (Å²) in [5, 5.41) is 3.22. The minimum Gasteiger partial charge on any atom is -0.331 e. The quantitative estimate of drug-likeness (QED) is 0.864. The van der Waals surface area contributed by atoms with E-state index in [9.17, 15) is 18.0 Å². The van der Waals surface area contributed by atoms with Crippen molar-refractivity contribution in [2.45, 2.75) is 52.8 Å². The lowest BCUT2D eigenvalue weighted by molar-refractivity contribution is -0.172. The lowest BCUT2D eigenvalue weighted by Crippen LogP contribution is -2.53. The number of amides is 1. The van der Waals surface area contributed by atoms with Crippen molar-refractivity contribution >= 4 is 5.91 Å². The van der Waals surface area contributed by atoms with Gasteiger partial charge >= 0.3 is 6.18 Å². The van der Waals surface area contributed by atoms with Crippen molar-refractivity contribution in [3.8, 4) is 0 Å². The van der Waals surface area contributed by atoms with Crippen LogP contribution in [0.25, 0.3) is 0 Å². The Bertz CT molecular complexity index is 334. The van der Waals surface area contributed by atoms with Crippen molar-refractivity contribution in [2.24, 2.45) is 11.3 Å². The highest BCUT2D eigenvalue weighted by Crippen LogP contribution is 2.35. The van der Waals surface area contributed by atoms with E-state index < -0.39 is 30.1 Å². The Morgan fingerprint density at radius 3 is 2.35 bits per heavy atom. The molecule has 0 aliphatic carbocycles. The molecule has 118 valence electrons. The highest BCUT2D eigenvalue weighted by Gasteiger charge is 2.43. The van der Waals surface area contributed by atoms with Crippen molar-refractivity contribution in [3.05, 3.63) is 0 Å². The van der Waals surface area contributed by atoms with E-state index in [1.54, 1.807) is 27.7 Å². The summed E-state index contributed by atoms with van der Waals surface area (Å²) in [6, 6.07) is -0.458. The zero-order chi connectivity index (χ0) is 15.6. The van der Waals surface area contributed by atoms with Gasteiger partial charge in [0.25, 0.3) is 0 Å². The van der Waals surface area contributed by atoms with Crippen LogP contribution in [0.1, 0.15) is 40.5 Å². The summed E-state index contributed by atoms with van der Waals surface area (Å²) in [6.07, 6.45) is -2.52. The van der Waals surface area contributed by atoms with E-state index in [-0.39, 0.29) is 5.92 Å². The number of carbonyl (C=O) groups is 1. The van der Waals surface area contributed by atoms with Crippen LogP contribution in [0.15, 0.2) is 0 Å². The second kappa shape index (κ2) is 6.33. The van der Waals surface area contributed by atoms with E-state index in [1.807, 2.05) is 0 Å². The van der Waals surface area contributed by atoms with Gasteiger partial charge in [0.15, 0.2) is 0 Å². The van der Waals surface area contributed by atoms with E-state index in [2.05, 4.69) is 5.32 Å². The van der Waals surface area contributed by atoms with Crippen molar-refractivity contribution in [3.63, 3.8) is 0 Å². The Morgan fingerprint density at radius 2 is 1.95 bits per heavy atom. The molecule has 0 bridgehead atoms. The zero-order valence-electron chi connectivity index (χ0n) is 12.7. The molecule has 1 heterocycles. The van der Waals surface area contributed by atoms with Crippen molar-refractivity contribution in [2.75, 3.05) is 19.6 Å². The van der Waals surface area contributed by atoms with Crippen LogP contribution in [0.2, 0.25) is 0 Å². The molecule has 1 saturated heterocycles. The molecule has 1 aliphatic heterocycles. The van der Waals surface area contributed by atoms with E-state index in [1.165, 1.54) is 0 Å². The van der Waals surface area contributed by atoms with Gasteiger partial charge in [-0.25, -0.2) is 0 Å². The molecule has 1 atom stereocenters. The van der Waals surface area contributed by atoms with Crippen molar-refractivity contribution in [1.82, 2.24) is 10.2 Å². The molecule has 0 aromatic carbocycles. The minimum absolute atomic E-state index is 0.0817. The summed E-state index contributed by atoms with van der Waals surface area (Å²) in [4.78, 5) is 13.5. The summed E-state index contributed by atoms with van der Waals surface area (Å²) < 4.78 is 38.0. The molecule has 20 heavy (non-hydrogen) atoms. The molecule has 6 heteroatoms. The van der Waals surface area contributed by atoms with Crippen LogP contribution >= 0.6 is 0 Å². The third-order valence-corrected chi connectivity index (χ3v) is 4.10. The normalized spacial score (nSPS) is 21.1. The SMILES string of the molecule is CC(C)N(CC(F)(F)F)C(=O)C(C)(C)C1CCCNC1. The number of hydrogen-bond acceptors (Lipinski definition) is 2. The maximum absolute atomic E-state index is 12.7. The van der Waals surface area contributed by atoms with E-state index in [0.29, 0.717) is 6.54 Å². The first-order chi connectivity index (χ1) is 9.05. The summed E-state index contributed by atoms with van der Waals surface area (Å²) in [5.41, 5.74) is -0.775. The standard InChI is InChI=1S/C14H25F3N2O/c1-10(2)19(9-14(15,16)17)12(20)13(3,4)11-6-5-7-18-8-11/h10-11,18H,5-9H2,1-4H3. The average molecular weight is 294 g/mol. The fourth-order valence-corrected chi connectivity index (χ4v) is 2.69. The van der Waals surface area contributed by atoms with E-state index in [0.717, 1.165) is 24.3 Å². The Kier molecular flexibility index (Phi) is 5.46. The minimum atomic E-state index is -4.36. The number of nitrogens with zero attached hydrogens (tertiary/aromatic N) is 1. The van der Waals surface area contributed by atoms with Crippen LogP contribution in [0.5, 0.6) is 0 Å². The number of nitrogens with one attached hydrogen (secondary N) is 1. The first kappa shape index (κ1) is 17.3. The highest BCUT2D eigenvalue weighted by atomic mass is 19.4. The Morgan fingerprint density at radius 1 is 1.35 bits per heavy atom. The molecule has 0 aromatic rings. The summed E-state index contributed by atoms with van der Waals surface area (Å²) in [6.45, 7) is 7.20. The first-order valence-corrected chi connectivity index (χ1v) is 7.14. The largest absolute Gasteiger partial charge is 0.406 e.